The summed E-state index contributed by atoms with van der Waals surface area (Å²) < 4.78 is 1.77. The van der Waals surface area contributed by atoms with Gasteiger partial charge in [-0.1, -0.05) is 41.0 Å². The zero-order valence-corrected chi connectivity index (χ0v) is 18.4. The normalized spacial score (nSPS) is 12.8. The van der Waals surface area contributed by atoms with Crippen molar-refractivity contribution < 1.29 is 4.79 Å². The van der Waals surface area contributed by atoms with Crippen LogP contribution < -0.4 is 11.0 Å². The smallest absolute Gasteiger partial charge is 0.325 e. The second kappa shape index (κ2) is 8.92. The zero-order chi connectivity index (χ0) is 20.4. The predicted octanol–water partition coefficient (Wildman–Crippen LogP) is 4.88. The molecule has 4 rings (SSSR count). The number of benzene rings is 1. The third-order valence-electron chi connectivity index (χ3n) is 4.64. The average Bonchev–Trinajstić information content (AvgIpc) is 3.37. The van der Waals surface area contributed by atoms with Crippen molar-refractivity contribution in [2.24, 2.45) is 0 Å². The number of anilines is 1. The molecule has 2 heterocycles. The molecule has 150 valence electrons. The van der Waals surface area contributed by atoms with Crippen molar-refractivity contribution in [2.75, 3.05) is 11.1 Å². The van der Waals surface area contributed by atoms with E-state index in [2.05, 4.69) is 10.3 Å². The number of thioether (sulfide) groups is 1. The molecule has 0 bridgehead atoms. The molecule has 0 atom stereocenters. The molecule has 1 aliphatic carbocycles. The van der Waals surface area contributed by atoms with Crippen LogP contribution in [-0.2, 0) is 24.2 Å². The highest BCUT2D eigenvalue weighted by molar-refractivity contribution is 8.00. The molecule has 0 spiro atoms. The van der Waals surface area contributed by atoms with Crippen molar-refractivity contribution in [3.05, 3.63) is 72.4 Å². The number of halogens is 2. The van der Waals surface area contributed by atoms with Gasteiger partial charge in [0.2, 0.25) is 5.91 Å². The highest BCUT2D eigenvalue weighted by Gasteiger charge is 2.22. The Morgan fingerprint density at radius 2 is 2.10 bits per heavy atom. The van der Waals surface area contributed by atoms with Gasteiger partial charge in [0.15, 0.2) is 0 Å². The molecule has 0 unspecified atom stereocenters. The van der Waals surface area contributed by atoms with E-state index in [0.29, 0.717) is 27.3 Å². The maximum atomic E-state index is 12.6. The first-order valence-corrected chi connectivity index (χ1v) is 11.7. The molecule has 29 heavy (non-hydrogen) atoms. The highest BCUT2D eigenvalue weighted by Crippen LogP contribution is 2.30. The van der Waals surface area contributed by atoms with Crippen molar-refractivity contribution in [1.82, 2.24) is 9.55 Å². The number of rotatable bonds is 6. The average molecular weight is 466 g/mol. The summed E-state index contributed by atoms with van der Waals surface area (Å²) in [4.78, 5) is 30.4. The van der Waals surface area contributed by atoms with Gasteiger partial charge in [-0.3, -0.25) is 9.36 Å². The maximum absolute atomic E-state index is 12.6. The molecular weight excluding hydrogens is 449 g/mol. The van der Waals surface area contributed by atoms with Gasteiger partial charge in [0, 0.05) is 21.8 Å². The Bertz CT molecular complexity index is 1110. The molecular formula is C20H17Cl2N3O2S2. The van der Waals surface area contributed by atoms with E-state index in [9.17, 15) is 9.59 Å². The quantitative estimate of drug-likeness (QED) is 0.416. The number of thiophene rings is 1. The molecule has 3 aromatic rings. The number of nitrogens with one attached hydrogen (secondary N) is 1. The monoisotopic (exact) mass is 465 g/mol. The first kappa shape index (κ1) is 20.5. The number of amides is 1. The van der Waals surface area contributed by atoms with Crippen LogP contribution in [0.4, 0.5) is 5.69 Å². The van der Waals surface area contributed by atoms with Gasteiger partial charge in [-0.15, -0.1) is 11.3 Å². The number of hydrogen-bond donors (Lipinski definition) is 1. The van der Waals surface area contributed by atoms with E-state index in [4.69, 9.17) is 23.2 Å². The molecule has 0 fully saturated rings. The lowest BCUT2D eigenvalue weighted by Gasteiger charge is -2.13. The van der Waals surface area contributed by atoms with E-state index < -0.39 is 0 Å². The van der Waals surface area contributed by atoms with Gasteiger partial charge in [-0.2, -0.15) is 4.98 Å². The van der Waals surface area contributed by atoms with Crippen LogP contribution in [-0.4, -0.2) is 21.2 Å². The Labute approximate surface area is 186 Å². The fraction of sp³-hybridized carbons (Fsp3) is 0.250. The Hall–Kier alpha value is -1.80. The Morgan fingerprint density at radius 1 is 1.24 bits per heavy atom. The number of nitrogens with zero attached hydrogens (tertiary/aromatic N) is 2. The van der Waals surface area contributed by atoms with Gasteiger partial charge in [0.1, 0.15) is 5.03 Å². The number of carbonyl (C=O) groups excluding carboxylic acids is 1. The first-order valence-electron chi connectivity index (χ1n) is 9.04. The molecule has 1 aliphatic rings. The van der Waals surface area contributed by atoms with Crippen molar-refractivity contribution in [3.63, 3.8) is 0 Å². The lowest BCUT2D eigenvalue weighted by Crippen LogP contribution is -2.27. The Morgan fingerprint density at radius 3 is 2.86 bits per heavy atom. The Kier molecular flexibility index (Phi) is 6.29. The predicted molar refractivity (Wildman–Crippen MR) is 120 cm³/mol. The minimum absolute atomic E-state index is 0.161. The summed E-state index contributed by atoms with van der Waals surface area (Å²) in [5, 5.41) is 6.27. The summed E-state index contributed by atoms with van der Waals surface area (Å²) in [6.07, 6.45) is 2.74. The van der Waals surface area contributed by atoms with Crippen LogP contribution >= 0.6 is 46.3 Å². The van der Waals surface area contributed by atoms with E-state index in [1.807, 2.05) is 17.5 Å². The molecule has 0 saturated carbocycles. The molecule has 1 amide bonds. The number of hydrogen-bond acceptors (Lipinski definition) is 5. The second-order valence-corrected chi connectivity index (χ2v) is 9.42. The third-order valence-corrected chi connectivity index (χ3v) is 7.26. The van der Waals surface area contributed by atoms with Crippen LogP contribution in [0.3, 0.4) is 0 Å². The summed E-state index contributed by atoms with van der Waals surface area (Å²) in [6.45, 7) is 0.550. The molecule has 1 N–H and O–H groups in total. The van der Waals surface area contributed by atoms with E-state index in [0.717, 1.165) is 35.4 Å². The van der Waals surface area contributed by atoms with Crippen LogP contribution in [0.25, 0.3) is 0 Å². The van der Waals surface area contributed by atoms with Gasteiger partial charge in [0.25, 0.3) is 0 Å². The van der Waals surface area contributed by atoms with E-state index in [1.165, 1.54) is 11.8 Å². The fourth-order valence-electron chi connectivity index (χ4n) is 3.33. The maximum Gasteiger partial charge on any atom is 0.349 e. The molecule has 1 aromatic carbocycles. The lowest BCUT2D eigenvalue weighted by molar-refractivity contribution is -0.113. The topological polar surface area (TPSA) is 64.0 Å². The van der Waals surface area contributed by atoms with E-state index in [-0.39, 0.29) is 17.3 Å². The van der Waals surface area contributed by atoms with Crippen molar-refractivity contribution in [3.8, 4) is 0 Å². The Balaban J connectivity index is 1.48. The standard InChI is InChI=1S/C20H17Cl2N3O2S2/c21-15-7-6-12(9-16(15)22)23-18(26)11-29-19-14-4-1-5-17(14)25(20(27)24-19)10-13-3-2-8-28-13/h2-3,6-9H,1,4-5,10-11H2,(H,23,26). The fourth-order valence-corrected chi connectivity index (χ4v) is 5.20. The van der Waals surface area contributed by atoms with Crippen molar-refractivity contribution in [2.45, 2.75) is 30.8 Å². The van der Waals surface area contributed by atoms with Crippen LogP contribution in [0.15, 0.2) is 45.5 Å². The van der Waals surface area contributed by atoms with Crippen LogP contribution in [0.1, 0.15) is 22.6 Å². The van der Waals surface area contributed by atoms with Crippen LogP contribution in [0.2, 0.25) is 10.0 Å². The number of carbonyl (C=O) groups is 1. The minimum Gasteiger partial charge on any atom is -0.325 e. The molecule has 2 aromatic heterocycles. The highest BCUT2D eigenvalue weighted by atomic mass is 35.5. The summed E-state index contributed by atoms with van der Waals surface area (Å²) in [5.41, 5.74) is 2.46. The lowest BCUT2D eigenvalue weighted by atomic mass is 10.2. The van der Waals surface area contributed by atoms with E-state index in [1.54, 1.807) is 34.1 Å². The summed E-state index contributed by atoms with van der Waals surface area (Å²) in [7, 11) is 0. The number of aromatic nitrogens is 2. The van der Waals surface area contributed by atoms with Gasteiger partial charge in [0.05, 0.1) is 22.3 Å². The number of fused-ring (bicyclic) bond motifs is 1. The summed E-state index contributed by atoms with van der Waals surface area (Å²) in [5.74, 6) is -0.0293. The van der Waals surface area contributed by atoms with Gasteiger partial charge in [-0.25, -0.2) is 4.79 Å². The van der Waals surface area contributed by atoms with Gasteiger partial charge < -0.3 is 5.32 Å². The molecule has 0 aliphatic heterocycles. The molecule has 0 radical (unpaired) electrons. The summed E-state index contributed by atoms with van der Waals surface area (Å²) in [6, 6.07) is 8.94. The SMILES string of the molecule is O=C(CSc1nc(=O)n(Cc2cccs2)c2c1CCC2)Nc1ccc(Cl)c(Cl)c1. The van der Waals surface area contributed by atoms with Crippen LogP contribution in [0, 0.1) is 0 Å². The molecule has 0 saturated heterocycles. The van der Waals surface area contributed by atoms with Crippen LogP contribution in [0.5, 0.6) is 0 Å². The molecule has 5 nitrogen and oxygen atoms in total. The minimum atomic E-state index is -0.258. The zero-order valence-electron chi connectivity index (χ0n) is 15.3. The second-order valence-electron chi connectivity index (χ2n) is 6.61. The largest absolute Gasteiger partial charge is 0.349 e. The van der Waals surface area contributed by atoms with Gasteiger partial charge in [-0.05, 0) is 48.9 Å². The first-order chi connectivity index (χ1) is 14.0. The van der Waals surface area contributed by atoms with Crippen molar-refractivity contribution >= 4 is 57.9 Å². The van der Waals surface area contributed by atoms with Crippen molar-refractivity contribution in [1.29, 1.82) is 0 Å². The van der Waals surface area contributed by atoms with E-state index >= 15 is 0 Å². The van der Waals surface area contributed by atoms with Gasteiger partial charge >= 0.3 is 5.69 Å². The third kappa shape index (κ3) is 4.69. The molecule has 9 heteroatoms. The summed E-state index contributed by atoms with van der Waals surface area (Å²) >= 11 is 14.8.